The van der Waals surface area contributed by atoms with E-state index in [0.29, 0.717) is 54.4 Å². The number of rotatable bonds is 9. The largest absolute Gasteiger partial charge is 0.493 e. The lowest BCUT2D eigenvalue weighted by Crippen LogP contribution is -2.58. The van der Waals surface area contributed by atoms with Crippen LogP contribution in [-0.4, -0.2) is 103 Å². The average Bonchev–Trinajstić information content (AvgIpc) is 3.71. The molecule has 11 heteroatoms. The van der Waals surface area contributed by atoms with Crippen LogP contribution in [0.2, 0.25) is 0 Å². The third kappa shape index (κ3) is 5.01. The summed E-state index contributed by atoms with van der Waals surface area (Å²) in [4.78, 5) is 28.8. The number of ether oxygens (including phenoxy) is 4. The van der Waals surface area contributed by atoms with Crippen LogP contribution in [0.4, 0.5) is 0 Å². The molecule has 4 aliphatic rings. The van der Waals surface area contributed by atoms with E-state index in [1.807, 2.05) is 0 Å². The van der Waals surface area contributed by atoms with Crippen molar-refractivity contribution in [3.05, 3.63) is 34.9 Å². The molecule has 208 valence electrons. The minimum Gasteiger partial charge on any atom is -0.493 e. The summed E-state index contributed by atoms with van der Waals surface area (Å²) in [6, 6.07) is 2.55. The highest BCUT2D eigenvalue weighted by Gasteiger charge is 2.52. The van der Waals surface area contributed by atoms with Gasteiger partial charge in [-0.3, -0.25) is 9.59 Å². The van der Waals surface area contributed by atoms with Crippen molar-refractivity contribution in [1.82, 2.24) is 10.2 Å². The Morgan fingerprint density at radius 3 is 2.71 bits per heavy atom. The molecule has 1 aromatic rings. The summed E-state index contributed by atoms with van der Waals surface area (Å²) in [5.74, 6) is -0.802. The van der Waals surface area contributed by atoms with Gasteiger partial charge in [0.15, 0.2) is 11.5 Å². The van der Waals surface area contributed by atoms with Crippen LogP contribution in [0.5, 0.6) is 11.5 Å². The Morgan fingerprint density at radius 1 is 1.21 bits per heavy atom. The highest BCUT2D eigenvalue weighted by Crippen LogP contribution is 2.51. The van der Waals surface area contributed by atoms with E-state index in [2.05, 4.69) is 5.32 Å². The number of benzene rings is 1. The first-order valence-corrected chi connectivity index (χ1v) is 13.2. The monoisotopic (exact) mass is 532 g/mol. The van der Waals surface area contributed by atoms with Crippen molar-refractivity contribution in [3.63, 3.8) is 0 Å². The minimum absolute atomic E-state index is 0.0481. The Morgan fingerprint density at radius 2 is 2.05 bits per heavy atom. The van der Waals surface area contributed by atoms with Crippen molar-refractivity contribution >= 4 is 11.8 Å². The van der Waals surface area contributed by atoms with Crippen LogP contribution in [0.1, 0.15) is 36.3 Å². The number of carbonyl (C=O) groups is 2. The number of methoxy groups -OCH3 is 1. The van der Waals surface area contributed by atoms with Gasteiger partial charge in [0, 0.05) is 37.4 Å². The highest BCUT2D eigenvalue weighted by molar-refractivity contribution is 5.96. The van der Waals surface area contributed by atoms with Crippen LogP contribution in [0, 0.1) is 5.92 Å². The van der Waals surface area contributed by atoms with Crippen LogP contribution >= 0.6 is 0 Å². The Kier molecular flexibility index (Phi) is 8.20. The first-order valence-electron chi connectivity index (χ1n) is 13.2. The Bertz CT molecular complexity index is 1060. The molecule has 1 aromatic carbocycles. The van der Waals surface area contributed by atoms with Gasteiger partial charge in [0.2, 0.25) is 11.8 Å². The number of hydrogen-bond acceptors (Lipinski definition) is 9. The van der Waals surface area contributed by atoms with Gasteiger partial charge in [0.05, 0.1) is 50.9 Å². The average molecular weight is 533 g/mol. The molecule has 0 aromatic heterocycles. The maximum atomic E-state index is 13.7. The molecule has 0 saturated carbocycles. The summed E-state index contributed by atoms with van der Waals surface area (Å²) in [7, 11) is 1.48. The summed E-state index contributed by atoms with van der Waals surface area (Å²) in [6.07, 6.45) is 1.74. The molecular weight excluding hydrogens is 496 g/mol. The van der Waals surface area contributed by atoms with E-state index in [4.69, 9.17) is 18.9 Å². The Hall–Kier alpha value is -2.70. The van der Waals surface area contributed by atoms with Crippen molar-refractivity contribution in [2.75, 3.05) is 46.6 Å². The molecule has 0 bridgehead atoms. The Balaban J connectivity index is 1.56. The van der Waals surface area contributed by atoms with Gasteiger partial charge in [-0.2, -0.15) is 0 Å². The van der Waals surface area contributed by atoms with Gasteiger partial charge in [0.25, 0.3) is 0 Å². The van der Waals surface area contributed by atoms with Gasteiger partial charge in [-0.15, -0.1) is 0 Å². The third-order valence-electron chi connectivity index (χ3n) is 7.84. The molecule has 2 amide bonds. The first kappa shape index (κ1) is 26.9. The van der Waals surface area contributed by atoms with Crippen molar-refractivity contribution in [3.8, 4) is 11.5 Å². The minimum atomic E-state index is -1.16. The first-order chi connectivity index (χ1) is 18.5. The maximum Gasteiger partial charge on any atom is 0.247 e. The number of nitrogens with one attached hydrogen (secondary N) is 1. The molecule has 1 unspecified atom stereocenters. The number of aliphatic hydroxyl groups is 3. The van der Waals surface area contributed by atoms with Crippen LogP contribution in [0.15, 0.2) is 23.8 Å². The van der Waals surface area contributed by atoms with Gasteiger partial charge in [-0.25, -0.2) is 0 Å². The van der Waals surface area contributed by atoms with Crippen molar-refractivity contribution in [2.24, 2.45) is 5.92 Å². The van der Waals surface area contributed by atoms with E-state index in [1.165, 1.54) is 7.11 Å². The highest BCUT2D eigenvalue weighted by atomic mass is 16.5. The summed E-state index contributed by atoms with van der Waals surface area (Å²) in [6.45, 7) is 1.28. The molecule has 3 aliphatic heterocycles. The summed E-state index contributed by atoms with van der Waals surface area (Å²) < 4.78 is 23.1. The molecule has 5 rings (SSSR count). The zero-order valence-corrected chi connectivity index (χ0v) is 21.5. The van der Waals surface area contributed by atoms with Gasteiger partial charge in [0.1, 0.15) is 12.2 Å². The zero-order valence-electron chi connectivity index (χ0n) is 21.5. The molecular formula is C27H36N2O9. The second-order valence-corrected chi connectivity index (χ2v) is 10.2. The summed E-state index contributed by atoms with van der Waals surface area (Å²) in [5, 5.41) is 33.5. The molecule has 6 atom stereocenters. The van der Waals surface area contributed by atoms with Gasteiger partial charge in [-0.05, 0) is 43.0 Å². The molecule has 0 spiro atoms. The molecule has 1 aliphatic carbocycles. The molecule has 2 fully saturated rings. The fraction of sp³-hybridized carbons (Fsp3) is 0.630. The number of carbonyl (C=O) groups excluding carboxylic acids is 2. The summed E-state index contributed by atoms with van der Waals surface area (Å²) in [5.41, 5.74) is 1.51. The normalized spacial score (nSPS) is 29.7. The molecule has 0 radical (unpaired) electrons. The Labute approximate surface area is 221 Å². The van der Waals surface area contributed by atoms with E-state index in [9.17, 15) is 24.9 Å². The van der Waals surface area contributed by atoms with Crippen molar-refractivity contribution in [1.29, 1.82) is 0 Å². The lowest BCUT2D eigenvalue weighted by Gasteiger charge is -2.42. The quantitative estimate of drug-likeness (QED) is 0.341. The third-order valence-corrected chi connectivity index (χ3v) is 7.84. The maximum absolute atomic E-state index is 13.7. The fourth-order valence-electron chi connectivity index (χ4n) is 5.95. The second kappa shape index (κ2) is 11.6. The molecule has 2 saturated heterocycles. The number of aliphatic hydroxyl groups excluding tert-OH is 3. The van der Waals surface area contributed by atoms with Crippen LogP contribution in [-0.2, 0) is 25.7 Å². The fourth-order valence-corrected chi connectivity index (χ4v) is 5.95. The standard InChI is InChI=1S/C27H36N2O9/c1-35-21-10-15(13-31)9-18-22-19(26(33)28-5-6-30)11-20(23(32)25(22)38-24(18)21)29(12-17-3-2-7-37-17)27(34)16-4-8-36-14-16/h9-11,16-17,20,22-23,25,30-32H,2-8,12-14H2,1H3,(H,28,33)/t16?,17-,20+,22-,23-,25-/m0/s1. The smallest absolute Gasteiger partial charge is 0.247 e. The van der Waals surface area contributed by atoms with Crippen LogP contribution < -0.4 is 14.8 Å². The van der Waals surface area contributed by atoms with E-state index in [0.717, 1.165) is 12.8 Å². The van der Waals surface area contributed by atoms with E-state index >= 15 is 0 Å². The van der Waals surface area contributed by atoms with Crippen LogP contribution in [0.3, 0.4) is 0 Å². The van der Waals surface area contributed by atoms with E-state index in [-0.39, 0.29) is 44.2 Å². The summed E-state index contributed by atoms with van der Waals surface area (Å²) >= 11 is 0. The lowest BCUT2D eigenvalue weighted by molar-refractivity contribution is -0.143. The second-order valence-electron chi connectivity index (χ2n) is 10.2. The van der Waals surface area contributed by atoms with Gasteiger partial charge < -0.3 is 44.5 Å². The van der Waals surface area contributed by atoms with Crippen molar-refractivity contribution in [2.45, 2.75) is 56.1 Å². The zero-order chi connectivity index (χ0) is 26.8. The number of amides is 2. The predicted octanol–water partition coefficient (Wildman–Crippen LogP) is -0.146. The lowest BCUT2D eigenvalue weighted by atomic mass is 9.77. The molecule has 3 heterocycles. The van der Waals surface area contributed by atoms with Gasteiger partial charge in [-0.1, -0.05) is 0 Å². The number of fused-ring (bicyclic) bond motifs is 3. The van der Waals surface area contributed by atoms with Gasteiger partial charge >= 0.3 is 0 Å². The topological polar surface area (TPSA) is 147 Å². The predicted molar refractivity (Wildman–Crippen MR) is 134 cm³/mol. The number of hydrogen-bond donors (Lipinski definition) is 4. The molecule has 4 N–H and O–H groups in total. The van der Waals surface area contributed by atoms with Crippen molar-refractivity contribution < 1.29 is 43.9 Å². The molecule has 11 nitrogen and oxygen atoms in total. The SMILES string of the molecule is COc1cc(CO)cc2c1O[C@@H]1[C@@H](O)[C@H](N(C[C@@H]3CCCO3)C(=O)C3CCOC3)C=C(C(=O)NCCO)[C@H]21. The molecule has 38 heavy (non-hydrogen) atoms. The van der Waals surface area contributed by atoms with E-state index in [1.54, 1.807) is 23.1 Å². The van der Waals surface area contributed by atoms with E-state index < -0.39 is 30.1 Å². The van der Waals surface area contributed by atoms with Crippen LogP contribution in [0.25, 0.3) is 0 Å². The number of nitrogens with zero attached hydrogens (tertiary/aromatic N) is 1.